The second-order valence-electron chi connectivity index (χ2n) is 4.94. The molecule has 0 fully saturated rings. The summed E-state index contributed by atoms with van der Waals surface area (Å²) in [5, 5.41) is 7.85. The van der Waals surface area contributed by atoms with E-state index in [1.54, 1.807) is 0 Å². The van der Waals surface area contributed by atoms with Gasteiger partial charge >= 0.3 is 0 Å². The second-order valence-corrected chi connectivity index (χ2v) is 5.86. The van der Waals surface area contributed by atoms with E-state index in [1.165, 1.54) is 5.56 Å². The van der Waals surface area contributed by atoms with Crippen molar-refractivity contribution in [1.82, 2.24) is 9.78 Å². The maximum Gasteiger partial charge on any atom is 0.0645 e. The monoisotopic (exact) mass is 341 g/mol. The molecule has 0 saturated heterocycles. The average Bonchev–Trinajstić information content (AvgIpc) is 2.96. The standard InChI is InChI=1S/C17H16BrN3/c1-13-9-15(18)7-8-17(13)19-10-14-11-20-21(12-14)16-5-3-2-4-6-16/h2-9,11-12,19H,10H2,1H3. The molecule has 0 aliphatic rings. The van der Waals surface area contributed by atoms with E-state index < -0.39 is 0 Å². The number of anilines is 1. The molecular weight excluding hydrogens is 326 g/mol. The van der Waals surface area contributed by atoms with E-state index in [2.05, 4.69) is 51.6 Å². The van der Waals surface area contributed by atoms with Gasteiger partial charge in [0.2, 0.25) is 0 Å². The summed E-state index contributed by atoms with van der Waals surface area (Å²) in [6, 6.07) is 16.4. The minimum Gasteiger partial charge on any atom is -0.381 e. The fraction of sp³-hybridized carbons (Fsp3) is 0.118. The van der Waals surface area contributed by atoms with E-state index in [4.69, 9.17) is 0 Å². The highest BCUT2D eigenvalue weighted by molar-refractivity contribution is 9.10. The number of hydrogen-bond donors (Lipinski definition) is 1. The van der Waals surface area contributed by atoms with Crippen LogP contribution in [0.2, 0.25) is 0 Å². The van der Waals surface area contributed by atoms with Gasteiger partial charge in [-0.1, -0.05) is 34.1 Å². The third-order valence-corrected chi connectivity index (χ3v) is 3.82. The zero-order valence-electron chi connectivity index (χ0n) is 11.8. The van der Waals surface area contributed by atoms with Crippen molar-refractivity contribution in [3.05, 3.63) is 76.5 Å². The molecule has 106 valence electrons. The van der Waals surface area contributed by atoms with Crippen LogP contribution in [0.4, 0.5) is 5.69 Å². The first-order chi connectivity index (χ1) is 10.2. The molecule has 3 nitrogen and oxygen atoms in total. The highest BCUT2D eigenvalue weighted by atomic mass is 79.9. The Kier molecular flexibility index (Phi) is 4.06. The van der Waals surface area contributed by atoms with Crippen LogP contribution in [-0.4, -0.2) is 9.78 Å². The molecular formula is C17H16BrN3. The zero-order chi connectivity index (χ0) is 14.7. The lowest BCUT2D eigenvalue weighted by Crippen LogP contribution is -2.00. The van der Waals surface area contributed by atoms with Gasteiger partial charge in [0.25, 0.3) is 0 Å². The Hall–Kier alpha value is -2.07. The number of halogens is 1. The molecule has 0 bridgehead atoms. The fourth-order valence-electron chi connectivity index (χ4n) is 2.20. The van der Waals surface area contributed by atoms with Gasteiger partial charge in [0.05, 0.1) is 11.9 Å². The lowest BCUT2D eigenvalue weighted by molar-refractivity contribution is 0.880. The van der Waals surface area contributed by atoms with Crippen molar-refractivity contribution >= 4 is 21.6 Å². The number of nitrogens with one attached hydrogen (secondary N) is 1. The predicted octanol–water partition coefficient (Wildman–Crippen LogP) is 4.56. The van der Waals surface area contributed by atoms with E-state index in [1.807, 2.05) is 47.3 Å². The molecule has 21 heavy (non-hydrogen) atoms. The van der Waals surface area contributed by atoms with Gasteiger partial charge in [-0.05, 0) is 42.8 Å². The number of aromatic nitrogens is 2. The Balaban J connectivity index is 1.70. The molecule has 0 saturated carbocycles. The van der Waals surface area contributed by atoms with Crippen molar-refractivity contribution in [1.29, 1.82) is 0 Å². The first-order valence-electron chi connectivity index (χ1n) is 6.81. The van der Waals surface area contributed by atoms with Gasteiger partial charge in [0.1, 0.15) is 0 Å². The number of hydrogen-bond acceptors (Lipinski definition) is 2. The summed E-state index contributed by atoms with van der Waals surface area (Å²) in [7, 11) is 0. The van der Waals surface area contributed by atoms with Crippen LogP contribution in [0, 0.1) is 6.92 Å². The largest absolute Gasteiger partial charge is 0.381 e. The van der Waals surface area contributed by atoms with Crippen molar-refractivity contribution < 1.29 is 0 Å². The molecule has 1 N–H and O–H groups in total. The number of aryl methyl sites for hydroxylation is 1. The molecule has 1 aromatic heterocycles. The molecule has 0 atom stereocenters. The van der Waals surface area contributed by atoms with Crippen molar-refractivity contribution in [2.45, 2.75) is 13.5 Å². The van der Waals surface area contributed by atoms with Crippen LogP contribution in [0.25, 0.3) is 5.69 Å². The smallest absolute Gasteiger partial charge is 0.0645 e. The van der Waals surface area contributed by atoms with Gasteiger partial charge in [0.15, 0.2) is 0 Å². The van der Waals surface area contributed by atoms with Crippen LogP contribution in [-0.2, 0) is 6.54 Å². The minimum atomic E-state index is 0.759. The Bertz CT molecular complexity index is 735. The van der Waals surface area contributed by atoms with Crippen LogP contribution in [0.3, 0.4) is 0 Å². The summed E-state index contributed by atoms with van der Waals surface area (Å²) in [6.07, 6.45) is 3.95. The fourth-order valence-corrected chi connectivity index (χ4v) is 2.67. The first kappa shape index (κ1) is 13.9. The van der Waals surface area contributed by atoms with Crippen LogP contribution in [0.5, 0.6) is 0 Å². The van der Waals surface area contributed by atoms with Gasteiger partial charge in [0, 0.05) is 28.5 Å². The predicted molar refractivity (Wildman–Crippen MR) is 89.8 cm³/mol. The first-order valence-corrected chi connectivity index (χ1v) is 7.61. The van der Waals surface area contributed by atoms with E-state index >= 15 is 0 Å². The summed E-state index contributed by atoms with van der Waals surface area (Å²) < 4.78 is 2.99. The molecule has 2 aromatic carbocycles. The van der Waals surface area contributed by atoms with Gasteiger partial charge in [-0.25, -0.2) is 4.68 Å². The Morgan fingerprint density at radius 2 is 1.95 bits per heavy atom. The minimum absolute atomic E-state index is 0.759. The molecule has 0 spiro atoms. The lowest BCUT2D eigenvalue weighted by atomic mass is 10.2. The number of nitrogens with zero attached hydrogens (tertiary/aromatic N) is 2. The van der Waals surface area contributed by atoms with Gasteiger partial charge < -0.3 is 5.32 Å². The second kappa shape index (κ2) is 6.14. The van der Waals surface area contributed by atoms with Crippen LogP contribution < -0.4 is 5.32 Å². The highest BCUT2D eigenvalue weighted by Gasteiger charge is 2.02. The van der Waals surface area contributed by atoms with Crippen molar-refractivity contribution in [2.75, 3.05) is 5.32 Å². The molecule has 0 aliphatic carbocycles. The normalized spacial score (nSPS) is 10.6. The third-order valence-electron chi connectivity index (χ3n) is 3.33. The van der Waals surface area contributed by atoms with Crippen LogP contribution in [0.15, 0.2) is 65.4 Å². The maximum atomic E-state index is 4.40. The summed E-state index contributed by atoms with van der Waals surface area (Å²) >= 11 is 3.48. The molecule has 0 radical (unpaired) electrons. The van der Waals surface area contributed by atoms with Crippen LogP contribution >= 0.6 is 15.9 Å². The highest BCUT2D eigenvalue weighted by Crippen LogP contribution is 2.20. The number of benzene rings is 2. The van der Waals surface area contributed by atoms with E-state index in [0.717, 1.165) is 28.0 Å². The molecule has 0 amide bonds. The maximum absolute atomic E-state index is 4.40. The SMILES string of the molecule is Cc1cc(Br)ccc1NCc1cnn(-c2ccccc2)c1. The topological polar surface area (TPSA) is 29.9 Å². The van der Waals surface area contributed by atoms with Crippen LogP contribution in [0.1, 0.15) is 11.1 Å². The van der Waals surface area contributed by atoms with Gasteiger partial charge in [-0.3, -0.25) is 0 Å². The molecule has 3 rings (SSSR count). The summed E-state index contributed by atoms with van der Waals surface area (Å²) in [5.74, 6) is 0. The zero-order valence-corrected chi connectivity index (χ0v) is 13.3. The molecule has 4 heteroatoms. The summed E-state index contributed by atoms with van der Waals surface area (Å²) in [4.78, 5) is 0. The molecule has 0 aliphatic heterocycles. The molecule has 0 unspecified atom stereocenters. The van der Waals surface area contributed by atoms with E-state index in [-0.39, 0.29) is 0 Å². The summed E-state index contributed by atoms with van der Waals surface area (Å²) in [5.41, 5.74) is 4.59. The Morgan fingerprint density at radius 3 is 2.71 bits per heavy atom. The quantitative estimate of drug-likeness (QED) is 0.754. The van der Waals surface area contributed by atoms with Gasteiger partial charge in [-0.15, -0.1) is 0 Å². The molecule has 3 aromatic rings. The van der Waals surface area contributed by atoms with Crippen molar-refractivity contribution in [3.8, 4) is 5.69 Å². The average molecular weight is 342 g/mol. The molecule has 1 heterocycles. The van der Waals surface area contributed by atoms with E-state index in [0.29, 0.717) is 0 Å². The lowest BCUT2D eigenvalue weighted by Gasteiger charge is -2.08. The van der Waals surface area contributed by atoms with Gasteiger partial charge in [-0.2, -0.15) is 5.10 Å². The number of rotatable bonds is 4. The summed E-state index contributed by atoms with van der Waals surface area (Å²) in [6.45, 7) is 2.86. The number of para-hydroxylation sites is 1. The van der Waals surface area contributed by atoms with E-state index in [9.17, 15) is 0 Å². The Morgan fingerprint density at radius 1 is 1.14 bits per heavy atom. The van der Waals surface area contributed by atoms with Crippen molar-refractivity contribution in [3.63, 3.8) is 0 Å². The Labute approximate surface area is 132 Å². The third kappa shape index (κ3) is 3.34. The van der Waals surface area contributed by atoms with Crippen molar-refractivity contribution in [2.24, 2.45) is 0 Å².